The van der Waals surface area contributed by atoms with Crippen LogP contribution in [0.25, 0.3) is 17.0 Å². The fourth-order valence-corrected chi connectivity index (χ4v) is 7.18. The molecule has 2 aromatic rings. The first kappa shape index (κ1) is 17.7. The fraction of sp³-hybridized carbons (Fsp3) is 0.538. The SMILES string of the molecule is O=C(C=Cc1cc2ccccc2nc1N1CCCC1)C12CC3CC(CC(C3)C1)C2. The molecule has 0 amide bonds. The summed E-state index contributed by atoms with van der Waals surface area (Å²) in [6.45, 7) is 2.13. The first-order valence-corrected chi connectivity index (χ1v) is 11.6. The van der Waals surface area contributed by atoms with Crippen molar-refractivity contribution in [2.24, 2.45) is 23.2 Å². The van der Waals surface area contributed by atoms with E-state index in [0.717, 1.165) is 72.4 Å². The minimum Gasteiger partial charge on any atom is -0.356 e. The molecule has 1 aromatic heterocycles. The molecule has 0 atom stereocenters. The first-order valence-electron chi connectivity index (χ1n) is 11.6. The van der Waals surface area contributed by atoms with E-state index in [2.05, 4.69) is 41.3 Å². The number of allylic oxidation sites excluding steroid dienone is 1. The summed E-state index contributed by atoms with van der Waals surface area (Å²) in [4.78, 5) is 20.8. The highest BCUT2D eigenvalue weighted by Gasteiger charge is 2.53. The lowest BCUT2D eigenvalue weighted by atomic mass is 9.48. The van der Waals surface area contributed by atoms with Crippen molar-refractivity contribution in [2.45, 2.75) is 51.4 Å². The van der Waals surface area contributed by atoms with Gasteiger partial charge < -0.3 is 4.90 Å². The van der Waals surface area contributed by atoms with Crippen molar-refractivity contribution in [2.75, 3.05) is 18.0 Å². The average molecular weight is 387 g/mol. The maximum atomic E-state index is 13.4. The van der Waals surface area contributed by atoms with Crippen LogP contribution in [-0.2, 0) is 4.79 Å². The summed E-state index contributed by atoms with van der Waals surface area (Å²) in [6, 6.07) is 10.5. The molecule has 1 aromatic carbocycles. The number of fused-ring (bicyclic) bond motifs is 1. The smallest absolute Gasteiger partial charge is 0.161 e. The molecular formula is C26H30N2O. The van der Waals surface area contributed by atoms with Gasteiger partial charge in [0.15, 0.2) is 5.78 Å². The highest BCUT2D eigenvalue weighted by atomic mass is 16.1. The van der Waals surface area contributed by atoms with Crippen LogP contribution in [-0.4, -0.2) is 23.9 Å². The van der Waals surface area contributed by atoms with Crippen LogP contribution >= 0.6 is 0 Å². The molecule has 2 heterocycles. The number of ketones is 1. The van der Waals surface area contributed by atoms with Crippen molar-refractivity contribution in [3.8, 4) is 0 Å². The van der Waals surface area contributed by atoms with Gasteiger partial charge in [-0.25, -0.2) is 4.98 Å². The summed E-state index contributed by atoms with van der Waals surface area (Å²) in [5.74, 6) is 3.86. The van der Waals surface area contributed by atoms with Gasteiger partial charge in [0, 0.05) is 29.5 Å². The Morgan fingerprint density at radius 1 is 1.00 bits per heavy atom. The van der Waals surface area contributed by atoms with Crippen LogP contribution in [0.2, 0.25) is 0 Å². The Balaban J connectivity index is 1.34. The number of aromatic nitrogens is 1. The lowest BCUT2D eigenvalue weighted by molar-refractivity contribution is -0.138. The van der Waals surface area contributed by atoms with E-state index < -0.39 is 0 Å². The fourth-order valence-electron chi connectivity index (χ4n) is 7.18. The largest absolute Gasteiger partial charge is 0.356 e. The Morgan fingerprint density at radius 3 is 2.34 bits per heavy atom. The van der Waals surface area contributed by atoms with Gasteiger partial charge in [0.25, 0.3) is 0 Å². The van der Waals surface area contributed by atoms with Crippen LogP contribution in [0.3, 0.4) is 0 Å². The van der Waals surface area contributed by atoms with Crippen LogP contribution in [0.15, 0.2) is 36.4 Å². The number of para-hydroxylation sites is 1. The summed E-state index contributed by atoms with van der Waals surface area (Å²) in [5, 5.41) is 1.15. The molecule has 0 unspecified atom stereocenters. The Labute approximate surface area is 173 Å². The summed E-state index contributed by atoms with van der Waals surface area (Å²) in [7, 11) is 0. The zero-order valence-corrected chi connectivity index (χ0v) is 17.1. The standard InChI is InChI=1S/C26H30N2O/c29-24(26-15-18-11-19(16-26)13-20(12-18)17-26)8-7-22-14-21-5-1-2-6-23(21)27-25(22)28-9-3-4-10-28/h1-2,5-8,14,18-20H,3-4,9-13,15-17H2. The number of carbonyl (C=O) groups excluding carboxylic acids is 1. The molecule has 4 aliphatic carbocycles. The number of pyridine rings is 1. The minimum atomic E-state index is -0.0522. The van der Waals surface area contributed by atoms with Gasteiger partial charge in [0.1, 0.15) is 5.82 Å². The van der Waals surface area contributed by atoms with Gasteiger partial charge in [-0.05, 0) is 93.4 Å². The second-order valence-corrected chi connectivity index (χ2v) is 10.2. The number of rotatable bonds is 4. The monoisotopic (exact) mass is 386 g/mol. The maximum Gasteiger partial charge on any atom is 0.161 e. The third-order valence-electron chi connectivity index (χ3n) is 8.11. The molecular weight excluding hydrogens is 356 g/mol. The van der Waals surface area contributed by atoms with E-state index in [0.29, 0.717) is 5.78 Å². The third-order valence-corrected chi connectivity index (χ3v) is 8.11. The Bertz CT molecular complexity index is 950. The van der Waals surface area contributed by atoms with E-state index in [1.165, 1.54) is 32.1 Å². The van der Waals surface area contributed by atoms with Gasteiger partial charge in [-0.15, -0.1) is 0 Å². The Morgan fingerprint density at radius 2 is 1.66 bits per heavy atom. The quantitative estimate of drug-likeness (QED) is 0.638. The zero-order chi connectivity index (χ0) is 19.4. The molecule has 4 bridgehead atoms. The van der Waals surface area contributed by atoms with Gasteiger partial charge in [-0.1, -0.05) is 18.2 Å². The maximum absolute atomic E-state index is 13.4. The van der Waals surface area contributed by atoms with Crippen LogP contribution in [0.1, 0.15) is 56.9 Å². The van der Waals surface area contributed by atoms with Gasteiger partial charge in [-0.2, -0.15) is 0 Å². The second-order valence-electron chi connectivity index (χ2n) is 10.2. The van der Waals surface area contributed by atoms with Gasteiger partial charge >= 0.3 is 0 Å². The third kappa shape index (κ3) is 3.01. The molecule has 7 rings (SSSR count). The van der Waals surface area contributed by atoms with Crippen molar-refractivity contribution in [3.05, 3.63) is 42.0 Å². The molecule has 5 fully saturated rings. The predicted molar refractivity (Wildman–Crippen MR) is 118 cm³/mol. The Hall–Kier alpha value is -2.16. The summed E-state index contributed by atoms with van der Waals surface area (Å²) in [6.07, 6.45) is 14.0. The van der Waals surface area contributed by atoms with Gasteiger partial charge in [-0.3, -0.25) is 4.79 Å². The normalized spacial score (nSPS) is 33.2. The molecule has 0 spiro atoms. The van der Waals surface area contributed by atoms with Gasteiger partial charge in [0.2, 0.25) is 0 Å². The van der Waals surface area contributed by atoms with Gasteiger partial charge in [0.05, 0.1) is 5.52 Å². The molecule has 3 nitrogen and oxygen atoms in total. The highest BCUT2D eigenvalue weighted by Crippen LogP contribution is 2.60. The summed E-state index contributed by atoms with van der Waals surface area (Å²) >= 11 is 0. The molecule has 0 radical (unpaired) electrons. The Kier molecular flexibility index (Phi) is 4.07. The van der Waals surface area contributed by atoms with E-state index in [-0.39, 0.29) is 5.41 Å². The summed E-state index contributed by atoms with van der Waals surface area (Å²) < 4.78 is 0. The van der Waals surface area contributed by atoms with E-state index >= 15 is 0 Å². The number of carbonyl (C=O) groups is 1. The van der Waals surface area contributed by atoms with E-state index in [4.69, 9.17) is 4.98 Å². The average Bonchev–Trinajstić information content (AvgIpc) is 3.25. The second kappa shape index (κ2) is 6.68. The van der Waals surface area contributed by atoms with E-state index in [9.17, 15) is 4.79 Å². The van der Waals surface area contributed by atoms with Crippen LogP contribution < -0.4 is 4.90 Å². The molecule has 4 saturated carbocycles. The zero-order valence-electron chi connectivity index (χ0n) is 17.1. The van der Waals surface area contributed by atoms with Crippen molar-refractivity contribution in [3.63, 3.8) is 0 Å². The molecule has 0 N–H and O–H groups in total. The topological polar surface area (TPSA) is 33.2 Å². The molecule has 1 saturated heterocycles. The molecule has 150 valence electrons. The van der Waals surface area contributed by atoms with Crippen molar-refractivity contribution in [1.82, 2.24) is 4.98 Å². The number of benzene rings is 1. The lowest BCUT2D eigenvalue weighted by Crippen LogP contribution is -2.49. The van der Waals surface area contributed by atoms with Crippen LogP contribution in [0.4, 0.5) is 5.82 Å². The molecule has 3 heteroatoms. The van der Waals surface area contributed by atoms with Crippen molar-refractivity contribution in [1.29, 1.82) is 0 Å². The predicted octanol–water partition coefficient (Wildman–Crippen LogP) is 5.63. The van der Waals surface area contributed by atoms with E-state index in [1.54, 1.807) is 0 Å². The minimum absolute atomic E-state index is 0.0522. The number of hydrogen-bond donors (Lipinski definition) is 0. The van der Waals surface area contributed by atoms with E-state index in [1.807, 2.05) is 6.08 Å². The number of hydrogen-bond acceptors (Lipinski definition) is 3. The van der Waals surface area contributed by atoms with Crippen molar-refractivity contribution < 1.29 is 4.79 Å². The molecule has 5 aliphatic rings. The number of nitrogens with zero attached hydrogens (tertiary/aromatic N) is 2. The molecule has 29 heavy (non-hydrogen) atoms. The van der Waals surface area contributed by atoms with Crippen molar-refractivity contribution >= 4 is 28.6 Å². The van der Waals surface area contributed by atoms with Crippen LogP contribution in [0, 0.1) is 23.2 Å². The lowest BCUT2D eigenvalue weighted by Gasteiger charge is -2.55. The van der Waals surface area contributed by atoms with Crippen LogP contribution in [0.5, 0.6) is 0 Å². The molecule has 1 aliphatic heterocycles. The highest BCUT2D eigenvalue weighted by molar-refractivity contribution is 5.99. The number of anilines is 1. The summed E-state index contributed by atoms with van der Waals surface area (Å²) in [5.41, 5.74) is 2.09. The first-order chi connectivity index (χ1) is 14.2.